The number of carbonyl (C=O) groups excluding carboxylic acids is 1. The van der Waals surface area contributed by atoms with Crippen molar-refractivity contribution < 1.29 is 31.8 Å². The zero-order valence-corrected chi connectivity index (χ0v) is 11.9. The molecule has 1 aromatic rings. The van der Waals surface area contributed by atoms with Gasteiger partial charge in [0.25, 0.3) is 0 Å². The van der Waals surface area contributed by atoms with Crippen molar-refractivity contribution in [2.45, 2.75) is 19.0 Å². The Bertz CT molecular complexity index is 480. The van der Waals surface area contributed by atoms with Crippen molar-refractivity contribution in [3.05, 3.63) is 33.8 Å². The van der Waals surface area contributed by atoms with Gasteiger partial charge in [0.15, 0.2) is 0 Å². The Kier molecular flexibility index (Phi) is 5.94. The van der Waals surface area contributed by atoms with Crippen molar-refractivity contribution in [1.82, 2.24) is 0 Å². The molecule has 0 N–H and O–H groups in total. The molecule has 20 heavy (non-hydrogen) atoms. The Morgan fingerprint density at radius 3 is 2.55 bits per heavy atom. The summed E-state index contributed by atoms with van der Waals surface area (Å²) in [4.78, 5) is 11.2. The van der Waals surface area contributed by atoms with E-state index in [0.717, 1.165) is 0 Å². The molecule has 0 fully saturated rings. The van der Waals surface area contributed by atoms with E-state index in [-0.39, 0.29) is 12.2 Å². The summed E-state index contributed by atoms with van der Waals surface area (Å²) in [5.74, 6) is -4.74. The predicted molar refractivity (Wildman–Crippen MR) is 66.1 cm³/mol. The minimum atomic E-state index is -4.18. The fourth-order valence-electron chi connectivity index (χ4n) is 1.27. The molecule has 0 spiro atoms. The van der Waals surface area contributed by atoms with Crippen molar-refractivity contribution in [3.8, 4) is 0 Å². The summed E-state index contributed by atoms with van der Waals surface area (Å²) < 4.78 is 58.6. The Labute approximate surface area is 121 Å². The first-order valence-corrected chi connectivity index (χ1v) is 6.17. The minimum absolute atomic E-state index is 0.265. The molecule has 0 atom stereocenters. The third-order valence-corrected chi connectivity index (χ3v) is 3.08. The van der Waals surface area contributed by atoms with E-state index in [9.17, 15) is 22.4 Å². The molecule has 0 saturated heterocycles. The van der Waals surface area contributed by atoms with Crippen molar-refractivity contribution in [1.29, 1.82) is 0 Å². The van der Waals surface area contributed by atoms with E-state index in [4.69, 9.17) is 0 Å². The third kappa shape index (κ3) is 4.45. The lowest BCUT2D eigenvalue weighted by atomic mass is 10.1. The van der Waals surface area contributed by atoms with Gasteiger partial charge in [0.2, 0.25) is 0 Å². The monoisotopic (exact) mass is 358 g/mol. The number of alkyl halides is 4. The standard InChI is InChI=1S/C12H11BrF4O3/c1-19-10(18)7-2-3-8(9(13)4-7)5-20-6-12(16,17)11(14)15/h2-4,11H,5-6H2,1H3. The zero-order valence-electron chi connectivity index (χ0n) is 10.3. The molecule has 0 amide bonds. The number of hydrogen-bond acceptors (Lipinski definition) is 3. The maximum absolute atomic E-state index is 12.6. The van der Waals surface area contributed by atoms with Crippen LogP contribution in [0.3, 0.4) is 0 Å². The normalized spacial score (nSPS) is 11.8. The highest BCUT2D eigenvalue weighted by Crippen LogP contribution is 2.25. The summed E-state index contributed by atoms with van der Waals surface area (Å²) in [6.07, 6.45) is -3.77. The van der Waals surface area contributed by atoms with Crippen LogP contribution in [0.5, 0.6) is 0 Å². The molecular weight excluding hydrogens is 348 g/mol. The largest absolute Gasteiger partial charge is 0.465 e. The molecule has 0 heterocycles. The molecule has 0 unspecified atom stereocenters. The van der Waals surface area contributed by atoms with Crippen LogP contribution in [-0.4, -0.2) is 32.0 Å². The molecule has 0 aromatic heterocycles. The minimum Gasteiger partial charge on any atom is -0.465 e. The fourth-order valence-corrected chi connectivity index (χ4v) is 1.76. The molecule has 0 saturated carbocycles. The van der Waals surface area contributed by atoms with Gasteiger partial charge in [0.1, 0.15) is 6.61 Å². The van der Waals surface area contributed by atoms with Gasteiger partial charge in [-0.1, -0.05) is 22.0 Å². The molecule has 1 rings (SSSR count). The lowest BCUT2D eigenvalue weighted by Crippen LogP contribution is -2.32. The number of rotatable bonds is 6. The van der Waals surface area contributed by atoms with E-state index < -0.39 is 24.9 Å². The first kappa shape index (κ1) is 16.9. The Balaban J connectivity index is 2.64. The van der Waals surface area contributed by atoms with Crippen LogP contribution in [0.4, 0.5) is 17.6 Å². The van der Waals surface area contributed by atoms with Gasteiger partial charge in [-0.2, -0.15) is 8.78 Å². The van der Waals surface area contributed by atoms with Crippen molar-refractivity contribution in [2.75, 3.05) is 13.7 Å². The molecule has 0 aliphatic carbocycles. The van der Waals surface area contributed by atoms with E-state index in [0.29, 0.717) is 10.0 Å². The van der Waals surface area contributed by atoms with Gasteiger partial charge in [0, 0.05) is 4.47 Å². The van der Waals surface area contributed by atoms with Crippen molar-refractivity contribution in [3.63, 3.8) is 0 Å². The van der Waals surface area contributed by atoms with E-state index >= 15 is 0 Å². The summed E-state index contributed by atoms with van der Waals surface area (Å²) in [7, 11) is 1.22. The van der Waals surface area contributed by atoms with Crippen LogP contribution in [0.1, 0.15) is 15.9 Å². The number of hydrogen-bond donors (Lipinski definition) is 0. The summed E-state index contributed by atoms with van der Waals surface area (Å²) in [6.45, 7) is -1.67. The second kappa shape index (κ2) is 7.03. The Morgan fingerprint density at radius 2 is 2.05 bits per heavy atom. The molecular formula is C12H11BrF4O3. The first-order chi connectivity index (χ1) is 9.27. The smallest absolute Gasteiger partial charge is 0.337 e. The Morgan fingerprint density at radius 1 is 1.40 bits per heavy atom. The van der Waals surface area contributed by atoms with Crippen molar-refractivity contribution in [2.24, 2.45) is 0 Å². The van der Waals surface area contributed by atoms with E-state index in [1.807, 2.05) is 0 Å². The maximum Gasteiger partial charge on any atom is 0.337 e. The van der Waals surface area contributed by atoms with Crippen LogP contribution in [0.25, 0.3) is 0 Å². The molecule has 8 heteroatoms. The van der Waals surface area contributed by atoms with Gasteiger partial charge < -0.3 is 9.47 Å². The van der Waals surface area contributed by atoms with Crippen LogP contribution in [0.15, 0.2) is 22.7 Å². The zero-order chi connectivity index (χ0) is 15.3. The van der Waals surface area contributed by atoms with Crippen LogP contribution >= 0.6 is 15.9 Å². The summed E-state index contributed by atoms with van der Waals surface area (Å²) in [6, 6.07) is 4.30. The topological polar surface area (TPSA) is 35.5 Å². The molecule has 1 aromatic carbocycles. The number of methoxy groups -OCH3 is 1. The number of carbonyl (C=O) groups is 1. The number of halogens is 5. The Hall–Kier alpha value is -1.15. The van der Waals surface area contributed by atoms with Gasteiger partial charge in [-0.3, -0.25) is 0 Å². The van der Waals surface area contributed by atoms with Crippen LogP contribution in [0, 0.1) is 0 Å². The number of ether oxygens (including phenoxy) is 2. The second-order valence-electron chi connectivity index (χ2n) is 3.85. The third-order valence-electron chi connectivity index (χ3n) is 2.35. The second-order valence-corrected chi connectivity index (χ2v) is 4.71. The molecule has 0 aliphatic heterocycles. The predicted octanol–water partition coefficient (Wildman–Crippen LogP) is 3.65. The lowest BCUT2D eigenvalue weighted by molar-refractivity contribution is -0.168. The van der Waals surface area contributed by atoms with Gasteiger partial charge >= 0.3 is 18.3 Å². The van der Waals surface area contributed by atoms with Crippen LogP contribution in [0.2, 0.25) is 0 Å². The maximum atomic E-state index is 12.6. The lowest BCUT2D eigenvalue weighted by Gasteiger charge is -2.15. The average molecular weight is 359 g/mol. The van der Waals surface area contributed by atoms with Gasteiger partial charge in [-0.05, 0) is 17.7 Å². The molecule has 112 valence electrons. The molecule has 0 aliphatic rings. The van der Waals surface area contributed by atoms with E-state index in [2.05, 4.69) is 25.4 Å². The van der Waals surface area contributed by atoms with Crippen molar-refractivity contribution >= 4 is 21.9 Å². The number of benzene rings is 1. The highest BCUT2D eigenvalue weighted by Gasteiger charge is 2.40. The quantitative estimate of drug-likeness (QED) is 0.575. The molecule has 0 radical (unpaired) electrons. The van der Waals surface area contributed by atoms with Gasteiger partial charge in [0.05, 0.1) is 19.3 Å². The van der Waals surface area contributed by atoms with E-state index in [1.54, 1.807) is 0 Å². The highest BCUT2D eigenvalue weighted by atomic mass is 79.9. The SMILES string of the molecule is COC(=O)c1ccc(COCC(F)(F)C(F)F)c(Br)c1. The fraction of sp³-hybridized carbons (Fsp3) is 0.417. The van der Waals surface area contributed by atoms with E-state index in [1.165, 1.54) is 25.3 Å². The summed E-state index contributed by atoms with van der Waals surface area (Å²) >= 11 is 3.13. The average Bonchev–Trinajstić information content (AvgIpc) is 2.39. The molecule has 3 nitrogen and oxygen atoms in total. The molecule has 0 bridgehead atoms. The van der Waals surface area contributed by atoms with Crippen LogP contribution in [-0.2, 0) is 16.1 Å². The van der Waals surface area contributed by atoms with Crippen LogP contribution < -0.4 is 0 Å². The first-order valence-electron chi connectivity index (χ1n) is 5.38. The highest BCUT2D eigenvalue weighted by molar-refractivity contribution is 9.10. The summed E-state index contributed by atoms with van der Waals surface area (Å²) in [5, 5.41) is 0. The van der Waals surface area contributed by atoms with Gasteiger partial charge in [-0.15, -0.1) is 0 Å². The summed E-state index contributed by atoms with van der Waals surface area (Å²) in [5.41, 5.74) is 0.712. The number of esters is 1. The van der Waals surface area contributed by atoms with Gasteiger partial charge in [-0.25, -0.2) is 13.6 Å².